The van der Waals surface area contributed by atoms with E-state index in [0.717, 1.165) is 23.8 Å². The second-order valence-electron chi connectivity index (χ2n) is 4.36. The molecule has 2 rings (SSSR count). The third kappa shape index (κ3) is 2.29. The van der Waals surface area contributed by atoms with Gasteiger partial charge in [-0.3, -0.25) is 4.57 Å². The summed E-state index contributed by atoms with van der Waals surface area (Å²) in [6, 6.07) is 0.594. The molecule has 90 valence electrons. The number of nitrogens with zero attached hydrogens (tertiary/aromatic N) is 3. The van der Waals surface area contributed by atoms with Gasteiger partial charge in [0.1, 0.15) is 0 Å². The fourth-order valence-corrected chi connectivity index (χ4v) is 2.21. The molecule has 1 fully saturated rings. The van der Waals surface area contributed by atoms with Gasteiger partial charge in [-0.2, -0.15) is 0 Å². The molecule has 1 heterocycles. The zero-order valence-corrected chi connectivity index (χ0v) is 10.9. The second-order valence-corrected chi connectivity index (χ2v) is 4.75. The van der Waals surface area contributed by atoms with Crippen molar-refractivity contribution in [1.29, 1.82) is 0 Å². The molecule has 0 radical (unpaired) electrons. The third-order valence-electron chi connectivity index (χ3n) is 3.04. The van der Waals surface area contributed by atoms with Crippen LogP contribution >= 0.6 is 12.2 Å². The maximum absolute atomic E-state index is 5.29. The van der Waals surface area contributed by atoms with Gasteiger partial charge < -0.3 is 4.90 Å². The predicted octanol–water partition coefficient (Wildman–Crippen LogP) is 2.90. The first-order valence-electron chi connectivity index (χ1n) is 6.19. The van der Waals surface area contributed by atoms with E-state index in [1.165, 1.54) is 25.7 Å². The van der Waals surface area contributed by atoms with Crippen molar-refractivity contribution < 1.29 is 0 Å². The number of unbranched alkanes of at least 4 members (excludes halogenated alkanes) is 1. The fourth-order valence-electron chi connectivity index (χ4n) is 1.93. The van der Waals surface area contributed by atoms with Crippen LogP contribution in [-0.2, 0) is 0 Å². The van der Waals surface area contributed by atoms with Crippen LogP contribution in [0, 0.1) is 4.77 Å². The smallest absolute Gasteiger partial charge is 0.225 e. The Labute approximate surface area is 102 Å². The first-order valence-corrected chi connectivity index (χ1v) is 6.60. The number of hydrogen-bond donors (Lipinski definition) is 1. The van der Waals surface area contributed by atoms with E-state index in [0.29, 0.717) is 6.04 Å². The number of anilines is 1. The van der Waals surface area contributed by atoms with E-state index in [-0.39, 0.29) is 0 Å². The van der Waals surface area contributed by atoms with Crippen molar-refractivity contribution in [3.05, 3.63) is 4.77 Å². The molecule has 4 nitrogen and oxygen atoms in total. The van der Waals surface area contributed by atoms with Crippen LogP contribution in [0.2, 0.25) is 0 Å². The van der Waals surface area contributed by atoms with Crippen LogP contribution in [0.4, 0.5) is 5.95 Å². The van der Waals surface area contributed by atoms with Crippen molar-refractivity contribution in [1.82, 2.24) is 14.8 Å². The maximum atomic E-state index is 5.29. The summed E-state index contributed by atoms with van der Waals surface area (Å²) in [5, 5.41) is 7.30. The van der Waals surface area contributed by atoms with Gasteiger partial charge in [-0.15, -0.1) is 5.10 Å². The van der Waals surface area contributed by atoms with E-state index in [9.17, 15) is 0 Å². The number of rotatable bonds is 6. The Morgan fingerprint density at radius 1 is 1.50 bits per heavy atom. The Morgan fingerprint density at radius 3 is 2.81 bits per heavy atom. The molecule has 0 amide bonds. The van der Waals surface area contributed by atoms with Crippen LogP contribution in [-0.4, -0.2) is 27.9 Å². The molecule has 1 aromatic heterocycles. The highest BCUT2D eigenvalue weighted by molar-refractivity contribution is 7.71. The standard InChI is InChI=1S/C11H20N4S/c1-3-5-8-14(4-2)10-12-13-11(16)15(10)9-6-7-9/h9H,3-8H2,1-2H3,(H,13,16). The summed E-state index contributed by atoms with van der Waals surface area (Å²) in [5.41, 5.74) is 0. The van der Waals surface area contributed by atoms with E-state index < -0.39 is 0 Å². The number of aromatic nitrogens is 3. The van der Waals surface area contributed by atoms with Gasteiger partial charge in [0.05, 0.1) is 0 Å². The minimum Gasteiger partial charge on any atom is -0.341 e. The van der Waals surface area contributed by atoms with Gasteiger partial charge in [-0.1, -0.05) is 13.3 Å². The molecule has 16 heavy (non-hydrogen) atoms. The SMILES string of the molecule is CCCCN(CC)c1n[nH]c(=S)n1C1CC1. The third-order valence-corrected chi connectivity index (χ3v) is 3.33. The molecule has 0 unspecified atom stereocenters. The summed E-state index contributed by atoms with van der Waals surface area (Å²) in [7, 11) is 0. The van der Waals surface area contributed by atoms with Gasteiger partial charge in [0, 0.05) is 19.1 Å². The first kappa shape index (κ1) is 11.6. The lowest BCUT2D eigenvalue weighted by atomic mass is 10.3. The molecule has 0 atom stereocenters. The van der Waals surface area contributed by atoms with Gasteiger partial charge >= 0.3 is 0 Å². The molecule has 0 bridgehead atoms. The minimum atomic E-state index is 0.594. The number of aromatic amines is 1. The zero-order valence-electron chi connectivity index (χ0n) is 10.1. The molecule has 5 heteroatoms. The summed E-state index contributed by atoms with van der Waals surface area (Å²) in [6.45, 7) is 6.45. The number of H-pyrrole nitrogens is 1. The largest absolute Gasteiger partial charge is 0.341 e. The van der Waals surface area contributed by atoms with Gasteiger partial charge in [-0.05, 0) is 38.4 Å². The molecule has 1 aliphatic rings. The Balaban J connectivity index is 2.19. The Kier molecular flexibility index (Phi) is 3.63. The van der Waals surface area contributed by atoms with Crippen molar-refractivity contribution >= 4 is 18.2 Å². The van der Waals surface area contributed by atoms with Crippen LogP contribution in [0.25, 0.3) is 0 Å². The summed E-state index contributed by atoms with van der Waals surface area (Å²) >= 11 is 5.29. The van der Waals surface area contributed by atoms with Crippen molar-refractivity contribution in [2.24, 2.45) is 0 Å². The molecule has 1 aromatic rings. The lowest BCUT2D eigenvalue weighted by molar-refractivity contribution is 0.660. The average Bonchev–Trinajstić information content (AvgIpc) is 3.05. The Bertz CT molecular complexity index is 391. The molecule has 0 aromatic carbocycles. The van der Waals surface area contributed by atoms with Gasteiger partial charge in [-0.25, -0.2) is 5.10 Å². The normalized spacial score (nSPS) is 15.4. The van der Waals surface area contributed by atoms with Crippen LogP contribution in [0.5, 0.6) is 0 Å². The van der Waals surface area contributed by atoms with E-state index in [1.54, 1.807) is 0 Å². The summed E-state index contributed by atoms with van der Waals surface area (Å²) in [5.74, 6) is 1.03. The lowest BCUT2D eigenvalue weighted by Gasteiger charge is -2.21. The van der Waals surface area contributed by atoms with Crippen LogP contribution in [0.1, 0.15) is 45.6 Å². The predicted molar refractivity (Wildman–Crippen MR) is 68.5 cm³/mol. The number of hydrogen-bond acceptors (Lipinski definition) is 3. The summed E-state index contributed by atoms with van der Waals surface area (Å²) in [4.78, 5) is 2.31. The van der Waals surface area contributed by atoms with Crippen LogP contribution in [0.3, 0.4) is 0 Å². The molecule has 1 N–H and O–H groups in total. The van der Waals surface area contributed by atoms with Crippen LogP contribution < -0.4 is 4.90 Å². The van der Waals surface area contributed by atoms with Crippen molar-refractivity contribution in [2.45, 2.75) is 45.6 Å². The highest BCUT2D eigenvalue weighted by Gasteiger charge is 2.28. The fraction of sp³-hybridized carbons (Fsp3) is 0.818. The van der Waals surface area contributed by atoms with Crippen molar-refractivity contribution in [3.63, 3.8) is 0 Å². The number of nitrogens with one attached hydrogen (secondary N) is 1. The van der Waals surface area contributed by atoms with Gasteiger partial charge in [0.2, 0.25) is 5.95 Å². The van der Waals surface area contributed by atoms with E-state index in [4.69, 9.17) is 12.2 Å². The second kappa shape index (κ2) is 4.99. The minimum absolute atomic E-state index is 0.594. The zero-order chi connectivity index (χ0) is 11.5. The highest BCUT2D eigenvalue weighted by atomic mass is 32.1. The van der Waals surface area contributed by atoms with E-state index in [1.807, 2.05) is 0 Å². The molecule has 1 aliphatic carbocycles. The molecule has 0 saturated heterocycles. The van der Waals surface area contributed by atoms with E-state index in [2.05, 4.69) is 33.5 Å². The first-order chi connectivity index (χ1) is 7.77. The molecular formula is C11H20N4S. The maximum Gasteiger partial charge on any atom is 0.225 e. The van der Waals surface area contributed by atoms with Crippen molar-refractivity contribution in [2.75, 3.05) is 18.0 Å². The summed E-state index contributed by atoms with van der Waals surface area (Å²) < 4.78 is 2.96. The summed E-state index contributed by atoms with van der Waals surface area (Å²) in [6.07, 6.45) is 4.90. The van der Waals surface area contributed by atoms with Crippen LogP contribution in [0.15, 0.2) is 0 Å². The van der Waals surface area contributed by atoms with Crippen molar-refractivity contribution in [3.8, 4) is 0 Å². The highest BCUT2D eigenvalue weighted by Crippen LogP contribution is 2.37. The molecule has 1 saturated carbocycles. The van der Waals surface area contributed by atoms with E-state index >= 15 is 0 Å². The Morgan fingerprint density at radius 2 is 2.25 bits per heavy atom. The Hall–Kier alpha value is -0.840. The topological polar surface area (TPSA) is 36.9 Å². The molecule has 0 spiro atoms. The molecule has 0 aliphatic heterocycles. The average molecular weight is 240 g/mol. The van der Waals surface area contributed by atoms with Gasteiger partial charge in [0.15, 0.2) is 4.77 Å². The molecular weight excluding hydrogens is 220 g/mol. The van der Waals surface area contributed by atoms with Gasteiger partial charge in [0.25, 0.3) is 0 Å². The lowest BCUT2D eigenvalue weighted by Crippen LogP contribution is -2.27. The quantitative estimate of drug-likeness (QED) is 0.777. The monoisotopic (exact) mass is 240 g/mol.